The van der Waals surface area contributed by atoms with E-state index in [2.05, 4.69) is 15.0 Å². The van der Waals surface area contributed by atoms with Crippen LogP contribution in [0.15, 0.2) is 41.6 Å². The SMILES string of the molecule is CC(C)(CNC(=O)OC(C)(C)C)CNS(=O)(=O)c1cccc2cnccc12. The van der Waals surface area contributed by atoms with Gasteiger partial charge in [-0.25, -0.2) is 17.9 Å². The molecular formula is C19H27N3O4S. The van der Waals surface area contributed by atoms with Crippen LogP contribution in [0.5, 0.6) is 0 Å². The van der Waals surface area contributed by atoms with Gasteiger partial charge in [-0.1, -0.05) is 26.0 Å². The molecule has 1 amide bonds. The van der Waals surface area contributed by atoms with Crippen LogP contribution in [0.4, 0.5) is 4.79 Å². The molecule has 1 aromatic carbocycles. The van der Waals surface area contributed by atoms with Gasteiger partial charge in [0.1, 0.15) is 5.60 Å². The van der Waals surface area contributed by atoms with Crippen LogP contribution >= 0.6 is 0 Å². The monoisotopic (exact) mass is 393 g/mol. The molecule has 0 saturated carbocycles. The number of alkyl carbamates (subject to hydrolysis) is 1. The van der Waals surface area contributed by atoms with Crippen LogP contribution in [0.2, 0.25) is 0 Å². The molecule has 1 aromatic heterocycles. The highest BCUT2D eigenvalue weighted by atomic mass is 32.2. The summed E-state index contributed by atoms with van der Waals surface area (Å²) in [5.74, 6) is 0. The van der Waals surface area contributed by atoms with Crippen molar-refractivity contribution in [3.63, 3.8) is 0 Å². The lowest BCUT2D eigenvalue weighted by Gasteiger charge is -2.27. The minimum absolute atomic E-state index is 0.159. The summed E-state index contributed by atoms with van der Waals surface area (Å²) in [6, 6.07) is 6.75. The van der Waals surface area contributed by atoms with E-state index in [4.69, 9.17) is 4.74 Å². The van der Waals surface area contributed by atoms with Crippen molar-refractivity contribution in [2.24, 2.45) is 5.41 Å². The molecule has 0 aliphatic rings. The van der Waals surface area contributed by atoms with E-state index in [0.29, 0.717) is 5.39 Å². The average Bonchev–Trinajstić information content (AvgIpc) is 2.57. The van der Waals surface area contributed by atoms with Crippen molar-refractivity contribution in [2.45, 2.75) is 45.1 Å². The first-order valence-electron chi connectivity index (χ1n) is 8.69. The van der Waals surface area contributed by atoms with Gasteiger partial charge in [-0.15, -0.1) is 0 Å². The molecular weight excluding hydrogens is 366 g/mol. The normalized spacial score (nSPS) is 12.8. The van der Waals surface area contributed by atoms with Crippen LogP contribution in [0.25, 0.3) is 10.8 Å². The van der Waals surface area contributed by atoms with Gasteiger partial charge in [0.05, 0.1) is 4.90 Å². The van der Waals surface area contributed by atoms with Gasteiger partial charge in [0, 0.05) is 36.3 Å². The van der Waals surface area contributed by atoms with Crippen molar-refractivity contribution in [2.75, 3.05) is 13.1 Å². The quantitative estimate of drug-likeness (QED) is 0.786. The fourth-order valence-corrected chi connectivity index (χ4v) is 3.85. The summed E-state index contributed by atoms with van der Waals surface area (Å²) < 4.78 is 33.4. The molecule has 0 atom stereocenters. The van der Waals surface area contributed by atoms with Crippen LogP contribution in [0.1, 0.15) is 34.6 Å². The van der Waals surface area contributed by atoms with Crippen LogP contribution in [0, 0.1) is 5.41 Å². The zero-order valence-electron chi connectivity index (χ0n) is 16.4. The Hall–Kier alpha value is -2.19. The number of nitrogens with zero attached hydrogens (tertiary/aromatic N) is 1. The zero-order chi connectivity index (χ0) is 20.3. The molecule has 7 nitrogen and oxygen atoms in total. The fraction of sp³-hybridized carbons (Fsp3) is 0.474. The van der Waals surface area contributed by atoms with Crippen molar-refractivity contribution in [1.29, 1.82) is 0 Å². The highest BCUT2D eigenvalue weighted by Gasteiger charge is 2.25. The first-order valence-corrected chi connectivity index (χ1v) is 10.2. The third-order valence-electron chi connectivity index (χ3n) is 3.78. The Bertz CT molecular complexity index is 913. The molecule has 0 spiro atoms. The molecule has 0 unspecified atom stereocenters. The maximum absolute atomic E-state index is 12.8. The Morgan fingerprint density at radius 3 is 2.48 bits per heavy atom. The molecule has 0 saturated heterocycles. The number of benzene rings is 1. The second kappa shape index (κ2) is 7.82. The molecule has 2 aromatic rings. The van der Waals surface area contributed by atoms with Gasteiger partial charge < -0.3 is 10.1 Å². The number of nitrogens with one attached hydrogen (secondary N) is 2. The van der Waals surface area contributed by atoms with Gasteiger partial charge in [0.15, 0.2) is 0 Å². The number of rotatable bonds is 6. The van der Waals surface area contributed by atoms with Gasteiger partial charge in [-0.3, -0.25) is 4.98 Å². The minimum Gasteiger partial charge on any atom is -0.444 e. The Balaban J connectivity index is 2.04. The summed E-state index contributed by atoms with van der Waals surface area (Å²) in [5, 5.41) is 4.05. The van der Waals surface area contributed by atoms with E-state index in [1.54, 1.807) is 51.4 Å². The van der Waals surface area contributed by atoms with E-state index < -0.39 is 27.1 Å². The number of amides is 1. The number of aromatic nitrogens is 1. The molecule has 8 heteroatoms. The second-order valence-corrected chi connectivity index (χ2v) is 9.93. The predicted octanol–water partition coefficient (Wildman–Crippen LogP) is 3.06. The Morgan fingerprint density at radius 2 is 1.81 bits per heavy atom. The van der Waals surface area contributed by atoms with E-state index in [9.17, 15) is 13.2 Å². The van der Waals surface area contributed by atoms with Gasteiger partial charge in [0.25, 0.3) is 0 Å². The standard InChI is InChI=1S/C19H27N3O4S/c1-18(2,3)26-17(23)21-12-19(4,5)13-22-27(24,25)16-8-6-7-14-11-20-10-9-15(14)16/h6-11,22H,12-13H2,1-5H3,(H,21,23). The predicted molar refractivity (Wildman–Crippen MR) is 105 cm³/mol. The van der Waals surface area contributed by atoms with Gasteiger partial charge in [-0.2, -0.15) is 0 Å². The number of carbonyl (C=O) groups excluding carboxylic acids is 1. The summed E-state index contributed by atoms with van der Waals surface area (Å²) in [5.41, 5.74) is -1.09. The molecule has 0 aliphatic heterocycles. The molecule has 27 heavy (non-hydrogen) atoms. The third-order valence-corrected chi connectivity index (χ3v) is 5.24. The Morgan fingerprint density at radius 1 is 1.11 bits per heavy atom. The van der Waals surface area contributed by atoms with Crippen LogP contribution in [-0.4, -0.2) is 38.2 Å². The van der Waals surface area contributed by atoms with E-state index in [1.807, 2.05) is 19.9 Å². The lowest BCUT2D eigenvalue weighted by Crippen LogP contribution is -2.43. The van der Waals surface area contributed by atoms with Crippen LogP contribution < -0.4 is 10.0 Å². The number of pyridine rings is 1. The molecule has 148 valence electrons. The number of ether oxygens (including phenoxy) is 1. The van der Waals surface area contributed by atoms with Gasteiger partial charge in [0.2, 0.25) is 10.0 Å². The Labute approximate surface area is 160 Å². The number of hydrogen-bond acceptors (Lipinski definition) is 5. The van der Waals surface area contributed by atoms with Crippen molar-refractivity contribution < 1.29 is 17.9 Å². The van der Waals surface area contributed by atoms with Crippen molar-refractivity contribution in [1.82, 2.24) is 15.0 Å². The first-order chi connectivity index (χ1) is 12.4. The van der Waals surface area contributed by atoms with E-state index in [-0.39, 0.29) is 18.0 Å². The summed E-state index contributed by atoms with van der Waals surface area (Å²) in [7, 11) is -3.71. The molecule has 0 radical (unpaired) electrons. The number of sulfonamides is 1. The largest absolute Gasteiger partial charge is 0.444 e. The van der Waals surface area contributed by atoms with Gasteiger partial charge >= 0.3 is 6.09 Å². The van der Waals surface area contributed by atoms with Crippen molar-refractivity contribution >= 4 is 26.9 Å². The molecule has 0 aliphatic carbocycles. The summed E-state index contributed by atoms with van der Waals surface area (Å²) >= 11 is 0. The highest BCUT2D eigenvalue weighted by molar-refractivity contribution is 7.89. The third kappa shape index (κ3) is 6.18. The molecule has 0 fully saturated rings. The molecule has 2 rings (SSSR count). The smallest absolute Gasteiger partial charge is 0.407 e. The molecule has 1 heterocycles. The fourth-order valence-electron chi connectivity index (χ4n) is 2.38. The number of fused-ring (bicyclic) bond motifs is 1. The lowest BCUT2D eigenvalue weighted by molar-refractivity contribution is 0.0507. The minimum atomic E-state index is -3.71. The number of hydrogen-bond donors (Lipinski definition) is 2. The second-order valence-electron chi connectivity index (χ2n) is 8.20. The molecule has 2 N–H and O–H groups in total. The lowest BCUT2D eigenvalue weighted by atomic mass is 9.94. The van der Waals surface area contributed by atoms with Crippen LogP contribution in [-0.2, 0) is 14.8 Å². The Kier molecular flexibility index (Phi) is 6.11. The maximum atomic E-state index is 12.8. The van der Waals surface area contributed by atoms with E-state index in [1.165, 1.54) is 0 Å². The van der Waals surface area contributed by atoms with Crippen molar-refractivity contribution in [3.8, 4) is 0 Å². The topological polar surface area (TPSA) is 97.4 Å². The number of carbonyl (C=O) groups is 1. The summed E-state index contributed by atoms with van der Waals surface area (Å²) in [6.45, 7) is 9.50. The first kappa shape index (κ1) is 21.1. The van der Waals surface area contributed by atoms with E-state index in [0.717, 1.165) is 5.39 Å². The van der Waals surface area contributed by atoms with Gasteiger partial charge in [-0.05, 0) is 38.3 Å². The zero-order valence-corrected chi connectivity index (χ0v) is 17.2. The summed E-state index contributed by atoms with van der Waals surface area (Å²) in [4.78, 5) is 16.0. The maximum Gasteiger partial charge on any atom is 0.407 e. The highest BCUT2D eigenvalue weighted by Crippen LogP contribution is 2.23. The average molecular weight is 394 g/mol. The summed E-state index contributed by atoms with van der Waals surface area (Å²) in [6.07, 6.45) is 2.67. The van der Waals surface area contributed by atoms with E-state index >= 15 is 0 Å². The van der Waals surface area contributed by atoms with Crippen LogP contribution in [0.3, 0.4) is 0 Å². The molecule has 0 bridgehead atoms. The van der Waals surface area contributed by atoms with Crippen molar-refractivity contribution in [3.05, 3.63) is 36.7 Å².